The molecule has 0 bridgehead atoms. The van der Waals surface area contributed by atoms with Crippen LogP contribution in [0.1, 0.15) is 0 Å². The van der Waals surface area contributed by atoms with Crippen LogP contribution in [0.2, 0.25) is 0 Å². The van der Waals surface area contributed by atoms with E-state index in [4.69, 9.17) is 5.11 Å². The molecule has 0 saturated carbocycles. The molecule has 1 aromatic carbocycles. The van der Waals surface area contributed by atoms with Crippen LogP contribution < -0.4 is 5.32 Å². The lowest BCUT2D eigenvalue weighted by Gasteiger charge is -2.04. The molecule has 0 unspecified atom stereocenters. The van der Waals surface area contributed by atoms with Crippen LogP contribution in [0, 0.1) is 0 Å². The molecule has 1 aromatic rings. The van der Waals surface area contributed by atoms with Crippen LogP contribution in [0.25, 0.3) is 0 Å². The van der Waals surface area contributed by atoms with Crippen LogP contribution in [0.4, 0.5) is 5.69 Å². The van der Waals surface area contributed by atoms with Gasteiger partial charge in [0.15, 0.2) is 0 Å². The van der Waals surface area contributed by atoms with E-state index in [1.54, 1.807) is 18.2 Å². The lowest BCUT2D eigenvalue weighted by atomic mass is 10.3. The first-order chi connectivity index (χ1) is 7.49. The van der Waals surface area contributed by atoms with E-state index in [2.05, 4.69) is 37.2 Å². The van der Waals surface area contributed by atoms with Gasteiger partial charge in [0.25, 0.3) is 0 Å². The van der Waals surface area contributed by atoms with Crippen LogP contribution >= 0.6 is 31.9 Å². The Labute approximate surface area is 109 Å². The smallest absolute Gasteiger partial charge is 0.328 e. The molecular formula is C10H7Br2NO3. The number of carbonyl (C=O) groups is 2. The molecule has 0 spiro atoms. The average Bonchev–Trinajstić information content (AvgIpc) is 2.19. The van der Waals surface area contributed by atoms with Crippen molar-refractivity contribution in [2.75, 3.05) is 5.32 Å². The van der Waals surface area contributed by atoms with Gasteiger partial charge in [-0.25, -0.2) is 4.79 Å². The van der Waals surface area contributed by atoms with Crippen LogP contribution in [0.3, 0.4) is 0 Å². The van der Waals surface area contributed by atoms with Crippen LogP contribution in [0.5, 0.6) is 0 Å². The Kier molecular flexibility index (Phi) is 4.70. The normalized spacial score (nSPS) is 10.4. The number of anilines is 1. The Hall–Kier alpha value is -1.14. The van der Waals surface area contributed by atoms with Crippen LogP contribution in [-0.2, 0) is 9.59 Å². The highest BCUT2D eigenvalue weighted by atomic mass is 79.9. The number of hydrogen-bond acceptors (Lipinski definition) is 2. The zero-order valence-electron chi connectivity index (χ0n) is 7.91. The van der Waals surface area contributed by atoms with Crippen LogP contribution in [0.15, 0.2) is 39.3 Å². The van der Waals surface area contributed by atoms with E-state index < -0.39 is 11.9 Å². The average molecular weight is 349 g/mol. The predicted molar refractivity (Wildman–Crippen MR) is 67.2 cm³/mol. The molecule has 0 aliphatic heterocycles. The minimum atomic E-state index is -1.16. The van der Waals surface area contributed by atoms with Crippen molar-refractivity contribution in [1.82, 2.24) is 0 Å². The lowest BCUT2D eigenvalue weighted by Crippen LogP contribution is -2.09. The Morgan fingerprint density at radius 3 is 2.50 bits per heavy atom. The molecule has 2 N–H and O–H groups in total. The van der Waals surface area contributed by atoms with E-state index in [-0.39, 0.29) is 0 Å². The lowest BCUT2D eigenvalue weighted by molar-refractivity contribution is -0.131. The first-order valence-electron chi connectivity index (χ1n) is 4.16. The highest BCUT2D eigenvalue weighted by molar-refractivity contribution is 9.11. The van der Waals surface area contributed by atoms with Crippen molar-refractivity contribution in [2.45, 2.75) is 0 Å². The van der Waals surface area contributed by atoms with Gasteiger partial charge < -0.3 is 10.4 Å². The highest BCUT2D eigenvalue weighted by Gasteiger charge is 2.03. The van der Waals surface area contributed by atoms with Gasteiger partial charge in [0.1, 0.15) is 0 Å². The number of halogens is 2. The van der Waals surface area contributed by atoms with Gasteiger partial charge in [0, 0.05) is 21.1 Å². The van der Waals surface area contributed by atoms with E-state index in [1.165, 1.54) is 0 Å². The fourth-order valence-corrected chi connectivity index (χ4v) is 2.06. The first-order valence-corrected chi connectivity index (χ1v) is 5.74. The van der Waals surface area contributed by atoms with E-state index in [1.807, 2.05) is 0 Å². The Balaban J connectivity index is 2.73. The maximum Gasteiger partial charge on any atom is 0.328 e. The molecule has 0 saturated heterocycles. The summed E-state index contributed by atoms with van der Waals surface area (Å²) in [5.41, 5.74) is 0.572. The van der Waals surface area contributed by atoms with E-state index >= 15 is 0 Å². The molecule has 16 heavy (non-hydrogen) atoms. The van der Waals surface area contributed by atoms with Crippen molar-refractivity contribution < 1.29 is 14.7 Å². The number of amides is 1. The molecule has 1 amide bonds. The van der Waals surface area contributed by atoms with E-state index in [0.717, 1.165) is 16.6 Å². The molecule has 0 aliphatic rings. The quantitative estimate of drug-likeness (QED) is 0.825. The minimum absolute atomic E-state index is 0.495. The van der Waals surface area contributed by atoms with Gasteiger partial charge in [0.05, 0.1) is 5.69 Å². The SMILES string of the molecule is O=C(O)/C=C\C(=O)Nc1ccc(Br)cc1Br. The van der Waals surface area contributed by atoms with E-state index in [0.29, 0.717) is 10.2 Å². The Morgan fingerprint density at radius 1 is 1.25 bits per heavy atom. The molecular weight excluding hydrogens is 342 g/mol. The number of nitrogens with one attached hydrogen (secondary N) is 1. The minimum Gasteiger partial charge on any atom is -0.478 e. The van der Waals surface area contributed by atoms with Crippen molar-refractivity contribution in [1.29, 1.82) is 0 Å². The number of carbonyl (C=O) groups excluding carboxylic acids is 1. The maximum absolute atomic E-state index is 11.3. The summed E-state index contributed by atoms with van der Waals surface area (Å²) in [5.74, 6) is -1.66. The zero-order chi connectivity index (χ0) is 12.1. The summed E-state index contributed by atoms with van der Waals surface area (Å²) in [7, 11) is 0. The Bertz CT molecular complexity index is 457. The number of carboxylic acid groups (broad SMARTS) is 1. The third kappa shape index (κ3) is 4.16. The van der Waals surface area contributed by atoms with Crippen molar-refractivity contribution in [3.8, 4) is 0 Å². The third-order valence-electron chi connectivity index (χ3n) is 1.57. The van der Waals surface area contributed by atoms with E-state index in [9.17, 15) is 9.59 Å². The molecule has 0 heterocycles. The second kappa shape index (κ2) is 5.81. The standard InChI is InChI=1S/C10H7Br2NO3/c11-6-1-2-8(7(12)5-6)13-9(14)3-4-10(15)16/h1-5H,(H,13,14)(H,15,16)/b4-3-. The highest BCUT2D eigenvalue weighted by Crippen LogP contribution is 2.25. The van der Waals surface area contributed by atoms with Gasteiger partial charge in [-0.15, -0.1) is 0 Å². The largest absolute Gasteiger partial charge is 0.478 e. The molecule has 84 valence electrons. The summed E-state index contributed by atoms with van der Waals surface area (Å²) < 4.78 is 1.58. The van der Waals surface area contributed by atoms with Gasteiger partial charge in [-0.1, -0.05) is 15.9 Å². The molecule has 0 aromatic heterocycles. The van der Waals surface area contributed by atoms with Crippen molar-refractivity contribution in [3.05, 3.63) is 39.3 Å². The molecule has 4 nitrogen and oxygen atoms in total. The number of hydrogen-bond donors (Lipinski definition) is 2. The molecule has 0 atom stereocenters. The number of benzene rings is 1. The summed E-state index contributed by atoms with van der Waals surface area (Å²) in [6.45, 7) is 0. The van der Waals surface area contributed by atoms with Gasteiger partial charge >= 0.3 is 5.97 Å². The second-order valence-corrected chi connectivity index (χ2v) is 4.56. The van der Waals surface area contributed by atoms with Gasteiger partial charge in [0.2, 0.25) is 5.91 Å². The second-order valence-electron chi connectivity index (χ2n) is 2.78. The van der Waals surface area contributed by atoms with Gasteiger partial charge in [-0.3, -0.25) is 4.79 Å². The van der Waals surface area contributed by atoms with Gasteiger partial charge in [-0.05, 0) is 34.1 Å². The van der Waals surface area contributed by atoms with Gasteiger partial charge in [-0.2, -0.15) is 0 Å². The topological polar surface area (TPSA) is 66.4 Å². The summed E-state index contributed by atoms with van der Waals surface area (Å²) in [6.07, 6.45) is 1.74. The first kappa shape index (κ1) is 12.9. The monoisotopic (exact) mass is 347 g/mol. The number of rotatable bonds is 3. The van der Waals surface area contributed by atoms with Crippen molar-refractivity contribution in [2.24, 2.45) is 0 Å². The molecule has 6 heteroatoms. The summed E-state index contributed by atoms with van der Waals surface area (Å²) in [5, 5.41) is 10.9. The molecule has 1 rings (SSSR count). The fraction of sp³-hybridized carbons (Fsp3) is 0. The summed E-state index contributed by atoms with van der Waals surface area (Å²) in [4.78, 5) is 21.4. The number of aliphatic carboxylic acids is 1. The Morgan fingerprint density at radius 2 is 1.94 bits per heavy atom. The fourth-order valence-electron chi connectivity index (χ4n) is 0.912. The zero-order valence-corrected chi connectivity index (χ0v) is 11.1. The van der Waals surface area contributed by atoms with Crippen molar-refractivity contribution >= 4 is 49.4 Å². The predicted octanol–water partition coefficient (Wildman–Crippen LogP) is 2.79. The molecule has 0 fully saturated rings. The summed E-state index contributed by atoms with van der Waals surface area (Å²) in [6, 6.07) is 5.23. The summed E-state index contributed by atoms with van der Waals surface area (Å²) >= 11 is 6.55. The molecule has 0 radical (unpaired) electrons. The molecule has 0 aliphatic carbocycles. The third-order valence-corrected chi connectivity index (χ3v) is 2.72. The van der Waals surface area contributed by atoms with Crippen LogP contribution in [-0.4, -0.2) is 17.0 Å². The number of carboxylic acids is 1. The maximum atomic E-state index is 11.3. The van der Waals surface area contributed by atoms with Crippen molar-refractivity contribution in [3.63, 3.8) is 0 Å².